The maximum absolute atomic E-state index is 12.7. The Morgan fingerprint density at radius 1 is 1.10 bits per heavy atom. The molecule has 0 aliphatic heterocycles. The van der Waals surface area contributed by atoms with Gasteiger partial charge in [-0.05, 0) is 39.9 Å². The zero-order valence-corrected chi connectivity index (χ0v) is 16.1. The Balaban J connectivity index is 1.59. The summed E-state index contributed by atoms with van der Waals surface area (Å²) in [4.78, 5) is 24.8. The number of carbonyl (C=O) groups excluding carboxylic acids is 1. The van der Waals surface area contributed by atoms with Crippen LogP contribution in [-0.2, 0) is 15.9 Å². The first kappa shape index (κ1) is 12.2. The molecule has 0 aromatic heterocycles. The van der Waals surface area contributed by atoms with Gasteiger partial charge in [0.15, 0.2) is 0 Å². The number of aliphatic carboxylic acids is 1. The van der Waals surface area contributed by atoms with Crippen LogP contribution in [0, 0.1) is 0 Å². The number of hydrogen-bond acceptors (Lipinski definition) is 4. The van der Waals surface area contributed by atoms with Gasteiger partial charge in [-0.2, -0.15) is 0 Å². The Bertz CT molecular complexity index is 1420. The second kappa shape index (κ2) is 8.92. The van der Waals surface area contributed by atoms with Crippen LogP contribution in [0.25, 0.3) is 11.1 Å². The second-order valence-electron chi connectivity index (χ2n) is 6.69. The van der Waals surface area contributed by atoms with Gasteiger partial charge in [-0.3, -0.25) is 0 Å². The van der Waals surface area contributed by atoms with Crippen molar-refractivity contribution in [2.45, 2.75) is 18.3 Å². The Morgan fingerprint density at radius 3 is 2.29 bits per heavy atom. The SMILES string of the molecule is [2H]c1c([2H])c(C([2H])([2H])[C@@H](NC(=O)OCC2c3ccccc3-c3ccccc32)C(=O)O)c([2H])c([2H])c1OC([2H])([2H])[2H]. The number of benzene rings is 3. The number of carbonyl (C=O) groups is 2. The smallest absolute Gasteiger partial charge is 0.407 e. The number of rotatable bonds is 7. The van der Waals surface area contributed by atoms with Gasteiger partial charge in [0.25, 0.3) is 0 Å². The maximum Gasteiger partial charge on any atom is 0.407 e. The Kier molecular flexibility index (Phi) is 3.49. The Labute approximate surface area is 193 Å². The Morgan fingerprint density at radius 2 is 1.71 bits per heavy atom. The average Bonchev–Trinajstić information content (AvgIpc) is 3.20. The zero-order chi connectivity index (χ0) is 29.6. The molecule has 4 rings (SSSR count). The third-order valence-corrected chi connectivity index (χ3v) is 4.85. The van der Waals surface area contributed by atoms with E-state index < -0.39 is 67.0 Å². The average molecular weight is 427 g/mol. The predicted octanol–water partition coefficient (Wildman–Crippen LogP) is 4.23. The van der Waals surface area contributed by atoms with Crippen LogP contribution in [0.5, 0.6) is 5.75 Å². The lowest BCUT2D eigenvalue weighted by atomic mass is 9.98. The molecule has 1 aliphatic rings. The molecular formula is C25H23NO5. The highest BCUT2D eigenvalue weighted by molar-refractivity contribution is 5.81. The molecule has 1 amide bonds. The van der Waals surface area contributed by atoms with E-state index in [9.17, 15) is 14.7 Å². The van der Waals surface area contributed by atoms with Crippen molar-refractivity contribution < 1.29 is 36.5 Å². The van der Waals surface area contributed by atoms with Gasteiger partial charge in [0.05, 0.1) is 16.6 Å². The van der Waals surface area contributed by atoms with Crippen molar-refractivity contribution in [1.82, 2.24) is 5.32 Å². The molecule has 0 saturated carbocycles. The molecule has 0 heterocycles. The Hall–Kier alpha value is -3.80. The second-order valence-corrected chi connectivity index (χ2v) is 6.69. The van der Waals surface area contributed by atoms with Crippen LogP contribution in [0.4, 0.5) is 4.79 Å². The number of nitrogens with one attached hydrogen (secondary N) is 1. The fourth-order valence-corrected chi connectivity index (χ4v) is 3.49. The van der Waals surface area contributed by atoms with E-state index in [1.165, 1.54) is 0 Å². The highest BCUT2D eigenvalue weighted by atomic mass is 16.5. The number of methoxy groups -OCH3 is 1. The van der Waals surface area contributed by atoms with E-state index in [0.717, 1.165) is 22.3 Å². The fourth-order valence-electron chi connectivity index (χ4n) is 3.49. The van der Waals surface area contributed by atoms with Crippen molar-refractivity contribution in [3.63, 3.8) is 0 Å². The van der Waals surface area contributed by atoms with Gasteiger partial charge in [0, 0.05) is 15.0 Å². The largest absolute Gasteiger partial charge is 0.497 e. The van der Waals surface area contributed by atoms with Crippen LogP contribution in [-0.4, -0.2) is 36.9 Å². The first-order valence-corrected chi connectivity index (χ1v) is 9.29. The van der Waals surface area contributed by atoms with Crippen molar-refractivity contribution >= 4 is 12.1 Å². The fraction of sp³-hybridized carbons (Fsp3) is 0.200. The van der Waals surface area contributed by atoms with Crippen LogP contribution < -0.4 is 10.1 Å². The number of amides is 1. The van der Waals surface area contributed by atoms with Gasteiger partial charge in [-0.1, -0.05) is 60.6 Å². The summed E-state index contributed by atoms with van der Waals surface area (Å²) >= 11 is 0. The molecular weight excluding hydrogens is 394 g/mol. The van der Waals surface area contributed by atoms with E-state index in [1.54, 1.807) is 0 Å². The standard InChI is InChI=1S/C25H23NO5/c1-30-17-12-10-16(11-13-17)14-23(24(27)28)26-25(29)31-15-22-20-8-4-2-6-18(20)19-7-3-5-9-21(19)22/h2-13,22-23H,14-15H2,1H3,(H,26,29)(H,27,28)/t23-/m1/s1/i1D3,10D,11D,12D,13D,14D2. The summed E-state index contributed by atoms with van der Waals surface area (Å²) < 4.78 is 80.6. The summed E-state index contributed by atoms with van der Waals surface area (Å²) in [7, 11) is -3.12. The van der Waals surface area contributed by atoms with Gasteiger partial charge in [0.2, 0.25) is 0 Å². The van der Waals surface area contributed by atoms with Crippen LogP contribution in [0.15, 0.2) is 72.7 Å². The van der Waals surface area contributed by atoms with Crippen molar-refractivity contribution in [3.05, 3.63) is 89.4 Å². The monoisotopic (exact) mass is 426 g/mol. The number of ether oxygens (including phenoxy) is 2. The van der Waals surface area contributed by atoms with Gasteiger partial charge in [-0.15, -0.1) is 0 Å². The van der Waals surface area contributed by atoms with Crippen LogP contribution in [0.3, 0.4) is 0 Å². The van der Waals surface area contributed by atoms with Crippen molar-refractivity contribution in [2.75, 3.05) is 13.6 Å². The van der Waals surface area contributed by atoms with E-state index >= 15 is 0 Å². The molecule has 1 atom stereocenters. The summed E-state index contributed by atoms with van der Waals surface area (Å²) in [5, 5.41) is 11.7. The molecule has 1 aliphatic carbocycles. The summed E-state index contributed by atoms with van der Waals surface area (Å²) in [6.45, 7) is -0.197. The molecule has 0 spiro atoms. The van der Waals surface area contributed by atoms with E-state index in [0.29, 0.717) is 0 Å². The lowest BCUT2D eigenvalue weighted by molar-refractivity contribution is -0.139. The van der Waals surface area contributed by atoms with E-state index in [1.807, 2.05) is 53.8 Å². The molecule has 158 valence electrons. The van der Waals surface area contributed by atoms with Crippen LogP contribution >= 0.6 is 0 Å². The maximum atomic E-state index is 12.7. The summed E-state index contributed by atoms with van der Waals surface area (Å²) in [6.07, 6.45) is -4.48. The molecule has 6 heteroatoms. The first-order valence-electron chi connectivity index (χ1n) is 13.8. The molecule has 0 fully saturated rings. The minimum absolute atomic E-state index is 0.197. The van der Waals surface area contributed by atoms with Crippen LogP contribution in [0.2, 0.25) is 0 Å². The summed E-state index contributed by atoms with van der Waals surface area (Å²) in [5.41, 5.74) is 2.70. The third-order valence-electron chi connectivity index (χ3n) is 4.85. The van der Waals surface area contributed by atoms with E-state index in [4.69, 9.17) is 17.1 Å². The molecule has 0 unspecified atom stereocenters. The number of carboxylic acids is 1. The normalized spacial score (nSPS) is 18.1. The number of fused-ring (bicyclic) bond motifs is 3. The molecule has 0 radical (unpaired) electrons. The van der Waals surface area contributed by atoms with E-state index in [2.05, 4.69) is 4.74 Å². The van der Waals surface area contributed by atoms with Crippen molar-refractivity contribution in [1.29, 1.82) is 0 Å². The van der Waals surface area contributed by atoms with Gasteiger partial charge in [-0.25, -0.2) is 9.59 Å². The van der Waals surface area contributed by atoms with Crippen LogP contribution in [0.1, 0.15) is 34.9 Å². The zero-order valence-electron chi connectivity index (χ0n) is 25.1. The highest BCUT2D eigenvalue weighted by Gasteiger charge is 2.29. The highest BCUT2D eigenvalue weighted by Crippen LogP contribution is 2.44. The van der Waals surface area contributed by atoms with Crippen molar-refractivity contribution in [3.8, 4) is 16.9 Å². The molecule has 0 saturated heterocycles. The number of carboxylic acid groups (broad SMARTS) is 1. The van der Waals surface area contributed by atoms with Gasteiger partial charge >= 0.3 is 12.1 Å². The molecule has 0 bridgehead atoms. The minimum Gasteiger partial charge on any atom is -0.497 e. The van der Waals surface area contributed by atoms with Gasteiger partial charge < -0.3 is 19.9 Å². The third kappa shape index (κ3) is 4.38. The topological polar surface area (TPSA) is 84.9 Å². The predicted molar refractivity (Wildman–Crippen MR) is 116 cm³/mol. The first-order chi connectivity index (χ1) is 18.6. The molecule has 31 heavy (non-hydrogen) atoms. The minimum atomic E-state index is -3.20. The lowest BCUT2D eigenvalue weighted by Crippen LogP contribution is -2.42. The lowest BCUT2D eigenvalue weighted by Gasteiger charge is -2.17. The molecule has 6 nitrogen and oxygen atoms in total. The molecule has 2 N–H and O–H groups in total. The van der Waals surface area contributed by atoms with Crippen molar-refractivity contribution in [2.24, 2.45) is 0 Å². The molecule has 3 aromatic rings. The number of alkyl carbamates (subject to hydrolysis) is 1. The molecule has 3 aromatic carbocycles. The number of hydrogen-bond donors (Lipinski definition) is 2. The summed E-state index contributed by atoms with van der Waals surface area (Å²) in [5.74, 6) is -3.19. The van der Waals surface area contributed by atoms with E-state index in [-0.39, 0.29) is 12.5 Å². The summed E-state index contributed by atoms with van der Waals surface area (Å²) in [6, 6.07) is 8.44. The quantitative estimate of drug-likeness (QED) is 0.591. The van der Waals surface area contributed by atoms with Gasteiger partial charge in [0.1, 0.15) is 18.4 Å².